The van der Waals surface area contributed by atoms with Gasteiger partial charge in [0.15, 0.2) is 0 Å². The van der Waals surface area contributed by atoms with Crippen LogP contribution >= 0.6 is 0 Å². The molecule has 0 aliphatic heterocycles. The molecule has 4 heteroatoms. The molecule has 0 saturated heterocycles. The van der Waals surface area contributed by atoms with E-state index in [-0.39, 0.29) is 17.6 Å². The van der Waals surface area contributed by atoms with Crippen molar-refractivity contribution in [3.05, 3.63) is 0 Å². The lowest BCUT2D eigenvalue weighted by atomic mass is 10.0. The molecule has 1 unspecified atom stereocenters. The number of unbranched alkanes of at least 4 members (excludes halogenated alkanes) is 1. The fourth-order valence-electron chi connectivity index (χ4n) is 2.20. The van der Waals surface area contributed by atoms with E-state index in [1.807, 2.05) is 11.9 Å². The highest BCUT2D eigenvalue weighted by Crippen LogP contribution is 2.11. The van der Waals surface area contributed by atoms with Gasteiger partial charge in [-0.15, -0.1) is 0 Å². The maximum atomic E-state index is 11.7. The number of rotatable bonds is 11. The Morgan fingerprint density at radius 3 is 2.33 bits per heavy atom. The maximum absolute atomic E-state index is 11.7. The van der Waals surface area contributed by atoms with Crippen LogP contribution in [-0.4, -0.2) is 49.2 Å². The number of carbonyl (C=O) groups is 2. The summed E-state index contributed by atoms with van der Waals surface area (Å²) in [5, 5.41) is 3.10. The van der Waals surface area contributed by atoms with Gasteiger partial charge in [-0.3, -0.25) is 14.5 Å². The van der Waals surface area contributed by atoms with Crippen LogP contribution in [0.5, 0.6) is 0 Å². The number of hydrogen-bond donors (Lipinski definition) is 1. The number of Topliss-reactive ketones (excluding diaryl/α,β-unsaturated/α-hetero) is 2. The van der Waals surface area contributed by atoms with Gasteiger partial charge in [0, 0.05) is 0 Å². The lowest BCUT2D eigenvalue weighted by Gasteiger charge is -2.28. The molecule has 0 amide bonds. The predicted molar refractivity (Wildman–Crippen MR) is 74.8 cm³/mol. The van der Waals surface area contributed by atoms with E-state index in [1.54, 1.807) is 13.8 Å². The summed E-state index contributed by atoms with van der Waals surface area (Å²) in [5.74, 6) is 0.305. The molecule has 0 aromatic rings. The van der Waals surface area contributed by atoms with E-state index in [0.29, 0.717) is 6.54 Å². The largest absolute Gasteiger partial charge is 0.320 e. The van der Waals surface area contributed by atoms with Crippen molar-refractivity contribution >= 4 is 11.6 Å². The third-order valence-corrected chi connectivity index (χ3v) is 3.00. The van der Waals surface area contributed by atoms with Crippen LogP contribution in [0, 0.1) is 0 Å². The minimum absolute atomic E-state index is 0.0919. The Morgan fingerprint density at radius 1 is 1.22 bits per heavy atom. The molecular weight excluding hydrogens is 228 g/mol. The third kappa shape index (κ3) is 7.56. The topological polar surface area (TPSA) is 49.4 Å². The Balaban J connectivity index is 4.39. The first-order valence-corrected chi connectivity index (χ1v) is 6.91. The number of carbonyl (C=O) groups excluding carboxylic acids is 2. The molecule has 0 radical (unpaired) electrons. The summed E-state index contributed by atoms with van der Waals surface area (Å²) in [5.41, 5.74) is 0. The summed E-state index contributed by atoms with van der Waals surface area (Å²) in [6, 6.07) is -0.0919. The lowest BCUT2D eigenvalue weighted by Crippen LogP contribution is -2.43. The molecule has 0 rings (SSSR count). The number of nitrogens with zero attached hydrogens (tertiary/aromatic N) is 1. The second-order valence-corrected chi connectivity index (χ2v) is 4.90. The van der Waals surface area contributed by atoms with Gasteiger partial charge in [0.1, 0.15) is 11.6 Å². The third-order valence-electron chi connectivity index (χ3n) is 3.00. The van der Waals surface area contributed by atoms with E-state index in [0.717, 1.165) is 38.8 Å². The van der Waals surface area contributed by atoms with E-state index >= 15 is 0 Å². The van der Waals surface area contributed by atoms with Crippen LogP contribution in [0.15, 0.2) is 0 Å². The quantitative estimate of drug-likeness (QED) is 0.571. The van der Waals surface area contributed by atoms with Gasteiger partial charge in [-0.1, -0.05) is 13.3 Å². The van der Waals surface area contributed by atoms with Gasteiger partial charge in [0.05, 0.1) is 12.6 Å². The van der Waals surface area contributed by atoms with E-state index in [1.165, 1.54) is 0 Å². The van der Waals surface area contributed by atoms with Crippen LogP contribution in [0.2, 0.25) is 0 Å². The van der Waals surface area contributed by atoms with Crippen LogP contribution in [-0.2, 0) is 9.59 Å². The van der Waals surface area contributed by atoms with Gasteiger partial charge in [0.25, 0.3) is 0 Å². The van der Waals surface area contributed by atoms with Crippen molar-refractivity contribution in [3.63, 3.8) is 0 Å². The second-order valence-electron chi connectivity index (χ2n) is 4.90. The summed E-state index contributed by atoms with van der Waals surface area (Å²) in [6.45, 7) is 7.48. The summed E-state index contributed by atoms with van der Waals surface area (Å²) in [6.07, 6.45) is 3.90. The predicted octanol–water partition coefficient (Wildman–Crippen LogP) is 1.63. The number of nitrogens with one attached hydrogen (secondary N) is 1. The van der Waals surface area contributed by atoms with Crippen molar-refractivity contribution < 1.29 is 9.59 Å². The Kier molecular flexibility index (Phi) is 9.79. The second kappa shape index (κ2) is 10.2. The van der Waals surface area contributed by atoms with Gasteiger partial charge in [0.2, 0.25) is 0 Å². The highest BCUT2D eigenvalue weighted by molar-refractivity contribution is 5.83. The fraction of sp³-hybridized carbons (Fsp3) is 0.857. The molecule has 1 N–H and O–H groups in total. The molecule has 106 valence electrons. The van der Waals surface area contributed by atoms with E-state index in [4.69, 9.17) is 0 Å². The first-order chi connectivity index (χ1) is 8.52. The standard InChI is InChI=1S/C14H28N2O2/c1-5-10-16(11-12(2)17)14(13(3)18)8-6-7-9-15-4/h14-15H,5-11H2,1-4H3. The van der Waals surface area contributed by atoms with Gasteiger partial charge in [-0.25, -0.2) is 0 Å². The zero-order chi connectivity index (χ0) is 14.0. The Morgan fingerprint density at radius 2 is 1.89 bits per heavy atom. The molecule has 0 aromatic heterocycles. The average Bonchev–Trinajstić information content (AvgIpc) is 2.27. The molecule has 0 saturated carbocycles. The van der Waals surface area contributed by atoms with Crippen LogP contribution in [0.25, 0.3) is 0 Å². The molecule has 0 bridgehead atoms. The van der Waals surface area contributed by atoms with Crippen molar-refractivity contribution in [1.29, 1.82) is 0 Å². The monoisotopic (exact) mass is 256 g/mol. The molecular formula is C14H28N2O2. The minimum atomic E-state index is -0.0919. The summed E-state index contributed by atoms with van der Waals surface area (Å²) in [7, 11) is 1.93. The first kappa shape index (κ1) is 17.3. The van der Waals surface area contributed by atoms with Crippen LogP contribution < -0.4 is 5.32 Å². The lowest BCUT2D eigenvalue weighted by molar-refractivity contribution is -0.124. The zero-order valence-corrected chi connectivity index (χ0v) is 12.3. The minimum Gasteiger partial charge on any atom is -0.320 e. The Labute approximate surface area is 111 Å². The van der Waals surface area contributed by atoms with Crippen LogP contribution in [0.3, 0.4) is 0 Å². The van der Waals surface area contributed by atoms with Crippen molar-refractivity contribution in [2.24, 2.45) is 0 Å². The molecule has 0 aliphatic rings. The van der Waals surface area contributed by atoms with Crippen molar-refractivity contribution in [2.75, 3.05) is 26.7 Å². The molecule has 18 heavy (non-hydrogen) atoms. The van der Waals surface area contributed by atoms with Gasteiger partial charge >= 0.3 is 0 Å². The summed E-state index contributed by atoms with van der Waals surface area (Å²) in [4.78, 5) is 25.0. The summed E-state index contributed by atoms with van der Waals surface area (Å²) >= 11 is 0. The molecule has 4 nitrogen and oxygen atoms in total. The Hall–Kier alpha value is -0.740. The molecule has 0 spiro atoms. The number of hydrogen-bond acceptors (Lipinski definition) is 4. The van der Waals surface area contributed by atoms with Gasteiger partial charge < -0.3 is 5.32 Å². The van der Waals surface area contributed by atoms with Crippen molar-refractivity contribution in [2.45, 2.75) is 52.5 Å². The molecule has 0 aliphatic carbocycles. The SMILES string of the molecule is CCCN(CC(C)=O)C(CCCCNC)C(C)=O. The highest BCUT2D eigenvalue weighted by Gasteiger charge is 2.22. The Bertz CT molecular complexity index is 254. The van der Waals surface area contributed by atoms with Gasteiger partial charge in [-0.05, 0) is 53.2 Å². The van der Waals surface area contributed by atoms with E-state index < -0.39 is 0 Å². The summed E-state index contributed by atoms with van der Waals surface area (Å²) < 4.78 is 0. The molecule has 0 fully saturated rings. The van der Waals surface area contributed by atoms with Gasteiger partial charge in [-0.2, -0.15) is 0 Å². The van der Waals surface area contributed by atoms with Crippen molar-refractivity contribution in [1.82, 2.24) is 10.2 Å². The maximum Gasteiger partial charge on any atom is 0.146 e. The molecule has 1 atom stereocenters. The van der Waals surface area contributed by atoms with Crippen LogP contribution in [0.1, 0.15) is 46.5 Å². The van der Waals surface area contributed by atoms with E-state index in [9.17, 15) is 9.59 Å². The smallest absolute Gasteiger partial charge is 0.146 e. The highest BCUT2D eigenvalue weighted by atomic mass is 16.1. The van der Waals surface area contributed by atoms with E-state index in [2.05, 4.69) is 12.2 Å². The number of ketones is 2. The first-order valence-electron chi connectivity index (χ1n) is 6.91. The molecule has 0 aromatic carbocycles. The zero-order valence-electron chi connectivity index (χ0n) is 12.3. The van der Waals surface area contributed by atoms with Crippen LogP contribution in [0.4, 0.5) is 0 Å². The fourth-order valence-corrected chi connectivity index (χ4v) is 2.20. The van der Waals surface area contributed by atoms with Crippen molar-refractivity contribution in [3.8, 4) is 0 Å². The average molecular weight is 256 g/mol. The normalized spacial score (nSPS) is 12.7. The molecule has 0 heterocycles.